The summed E-state index contributed by atoms with van der Waals surface area (Å²) < 4.78 is 39.7. The van der Waals surface area contributed by atoms with Crippen molar-refractivity contribution in [3.63, 3.8) is 0 Å². The maximum absolute atomic E-state index is 14.4. The maximum atomic E-state index is 14.4. The van der Waals surface area contributed by atoms with Gasteiger partial charge in [0.15, 0.2) is 0 Å². The van der Waals surface area contributed by atoms with Crippen LogP contribution in [0, 0.1) is 5.82 Å². The fourth-order valence-electron chi connectivity index (χ4n) is 3.29. The summed E-state index contributed by atoms with van der Waals surface area (Å²) in [7, 11) is -3.50. The second kappa shape index (κ2) is 9.84. The van der Waals surface area contributed by atoms with Crippen molar-refractivity contribution in [1.82, 2.24) is 4.90 Å². The van der Waals surface area contributed by atoms with Crippen molar-refractivity contribution >= 4 is 15.7 Å². The number of rotatable bonds is 9. The third kappa shape index (κ3) is 6.66. The Balaban J connectivity index is 1.81. The number of aliphatic hydroxyl groups is 1. The van der Waals surface area contributed by atoms with Crippen molar-refractivity contribution in [3.8, 4) is 0 Å². The first-order valence-corrected chi connectivity index (χ1v) is 11.4. The molecule has 158 valence electrons. The van der Waals surface area contributed by atoms with Gasteiger partial charge in [-0.15, -0.1) is 0 Å². The fourth-order valence-corrected chi connectivity index (χ4v) is 3.84. The van der Waals surface area contributed by atoms with Crippen LogP contribution < -0.4 is 4.72 Å². The van der Waals surface area contributed by atoms with E-state index in [2.05, 4.69) is 4.72 Å². The summed E-state index contributed by atoms with van der Waals surface area (Å²) in [4.78, 5) is 2.03. The van der Waals surface area contributed by atoms with E-state index >= 15 is 0 Å². The minimum absolute atomic E-state index is 0.0507. The van der Waals surface area contributed by atoms with E-state index in [4.69, 9.17) is 0 Å². The van der Waals surface area contributed by atoms with Gasteiger partial charge in [-0.3, -0.25) is 9.62 Å². The van der Waals surface area contributed by atoms with Crippen LogP contribution in [0.4, 0.5) is 10.1 Å². The Labute approximate surface area is 176 Å². The highest BCUT2D eigenvalue weighted by Gasteiger charge is 2.19. The number of hydrogen-bond donors (Lipinski definition) is 2. The first-order chi connectivity index (χ1) is 14.3. The largest absolute Gasteiger partial charge is 0.387 e. The maximum Gasteiger partial charge on any atom is 0.229 e. The molecule has 0 radical (unpaired) electrons. The zero-order valence-electron chi connectivity index (χ0n) is 16.7. The van der Waals surface area contributed by atoms with Gasteiger partial charge in [-0.2, -0.15) is 0 Å². The van der Waals surface area contributed by atoms with Crippen LogP contribution in [0.5, 0.6) is 0 Å². The Morgan fingerprint density at radius 3 is 1.97 bits per heavy atom. The van der Waals surface area contributed by atoms with Crippen molar-refractivity contribution in [2.45, 2.75) is 19.2 Å². The van der Waals surface area contributed by atoms with Crippen LogP contribution in [-0.2, 0) is 23.1 Å². The minimum Gasteiger partial charge on any atom is -0.387 e. The molecule has 5 nitrogen and oxygen atoms in total. The van der Waals surface area contributed by atoms with Crippen molar-refractivity contribution in [2.24, 2.45) is 0 Å². The summed E-state index contributed by atoms with van der Waals surface area (Å²) in [6.45, 7) is 1.34. The van der Waals surface area contributed by atoms with Crippen LogP contribution in [0.3, 0.4) is 0 Å². The Morgan fingerprint density at radius 2 is 1.47 bits per heavy atom. The molecule has 7 heteroatoms. The van der Waals surface area contributed by atoms with E-state index in [9.17, 15) is 17.9 Å². The smallest absolute Gasteiger partial charge is 0.229 e. The van der Waals surface area contributed by atoms with Gasteiger partial charge in [0, 0.05) is 30.9 Å². The van der Waals surface area contributed by atoms with E-state index in [0.717, 1.165) is 23.4 Å². The second-order valence-electron chi connectivity index (χ2n) is 7.27. The van der Waals surface area contributed by atoms with Gasteiger partial charge < -0.3 is 5.11 Å². The summed E-state index contributed by atoms with van der Waals surface area (Å²) in [6.07, 6.45) is -0.104. The van der Waals surface area contributed by atoms with Crippen LogP contribution in [-0.4, -0.2) is 31.2 Å². The molecule has 0 saturated carbocycles. The second-order valence-corrected chi connectivity index (χ2v) is 9.02. The number of nitrogens with one attached hydrogen (secondary N) is 1. The Hall–Kier alpha value is -2.74. The molecule has 0 aromatic heterocycles. The van der Waals surface area contributed by atoms with Gasteiger partial charge in [-0.25, -0.2) is 12.8 Å². The molecule has 0 aliphatic rings. The van der Waals surface area contributed by atoms with Gasteiger partial charge in [0.05, 0.1) is 12.4 Å². The number of hydrogen-bond acceptors (Lipinski definition) is 4. The van der Waals surface area contributed by atoms with Crippen LogP contribution in [0.25, 0.3) is 0 Å². The van der Waals surface area contributed by atoms with Crippen LogP contribution in [0.2, 0.25) is 0 Å². The van der Waals surface area contributed by atoms with Crippen LogP contribution >= 0.6 is 0 Å². The molecule has 0 unspecified atom stereocenters. The molecule has 0 aliphatic heterocycles. The first kappa shape index (κ1) is 22.0. The third-order valence-electron chi connectivity index (χ3n) is 4.59. The lowest BCUT2D eigenvalue weighted by molar-refractivity contribution is 0.102. The van der Waals surface area contributed by atoms with Crippen molar-refractivity contribution in [3.05, 3.63) is 101 Å². The lowest BCUT2D eigenvalue weighted by Crippen LogP contribution is -2.28. The van der Waals surface area contributed by atoms with Gasteiger partial charge >= 0.3 is 0 Å². The van der Waals surface area contributed by atoms with Gasteiger partial charge in [-0.05, 0) is 29.3 Å². The average molecular weight is 429 g/mol. The molecule has 0 amide bonds. The monoisotopic (exact) mass is 428 g/mol. The quantitative estimate of drug-likeness (QED) is 0.542. The average Bonchev–Trinajstić information content (AvgIpc) is 2.70. The zero-order chi connectivity index (χ0) is 21.6. The SMILES string of the molecule is CS(=O)(=O)Nc1ccc(F)c([C@@H](O)CN(Cc2ccccc2)Cc2ccccc2)c1. The molecular formula is C23H25FN2O3S. The number of sulfonamides is 1. The minimum atomic E-state index is -3.50. The Morgan fingerprint density at radius 1 is 0.933 bits per heavy atom. The molecule has 0 bridgehead atoms. The molecule has 0 saturated heterocycles. The Kier molecular flexibility index (Phi) is 7.20. The van der Waals surface area contributed by atoms with E-state index in [1.807, 2.05) is 65.6 Å². The molecule has 3 aromatic carbocycles. The molecule has 0 spiro atoms. The highest BCUT2D eigenvalue weighted by atomic mass is 32.2. The lowest BCUT2D eigenvalue weighted by Gasteiger charge is -2.26. The van der Waals surface area contributed by atoms with E-state index in [0.29, 0.717) is 13.1 Å². The number of halogens is 1. The van der Waals surface area contributed by atoms with Crippen LogP contribution in [0.1, 0.15) is 22.8 Å². The summed E-state index contributed by atoms with van der Waals surface area (Å²) in [5.41, 5.74) is 2.42. The predicted molar refractivity (Wildman–Crippen MR) is 117 cm³/mol. The number of aliphatic hydroxyl groups excluding tert-OH is 1. The molecule has 0 heterocycles. The van der Waals surface area contributed by atoms with Gasteiger partial charge in [0.25, 0.3) is 0 Å². The molecule has 30 heavy (non-hydrogen) atoms. The zero-order valence-corrected chi connectivity index (χ0v) is 17.5. The summed E-state index contributed by atoms with van der Waals surface area (Å²) >= 11 is 0. The topological polar surface area (TPSA) is 69.6 Å². The number of anilines is 1. The highest BCUT2D eigenvalue weighted by Crippen LogP contribution is 2.24. The van der Waals surface area contributed by atoms with E-state index in [1.165, 1.54) is 12.1 Å². The number of benzene rings is 3. The van der Waals surface area contributed by atoms with Gasteiger partial charge in [0.2, 0.25) is 10.0 Å². The summed E-state index contributed by atoms with van der Waals surface area (Å²) in [5.74, 6) is -0.582. The molecule has 3 rings (SSSR count). The third-order valence-corrected chi connectivity index (χ3v) is 5.19. The van der Waals surface area contributed by atoms with E-state index in [-0.39, 0.29) is 17.8 Å². The normalized spacial score (nSPS) is 12.7. The van der Waals surface area contributed by atoms with Gasteiger partial charge in [0.1, 0.15) is 5.82 Å². The van der Waals surface area contributed by atoms with Crippen LogP contribution in [0.15, 0.2) is 78.9 Å². The molecule has 1 atom stereocenters. The molecule has 0 fully saturated rings. The lowest BCUT2D eigenvalue weighted by atomic mass is 10.1. The number of nitrogens with zero attached hydrogens (tertiary/aromatic N) is 1. The van der Waals surface area contributed by atoms with E-state index in [1.54, 1.807) is 0 Å². The van der Waals surface area contributed by atoms with Crippen molar-refractivity contribution in [1.29, 1.82) is 0 Å². The first-order valence-electron chi connectivity index (χ1n) is 9.56. The highest BCUT2D eigenvalue weighted by molar-refractivity contribution is 7.92. The fraction of sp³-hybridized carbons (Fsp3) is 0.217. The molecule has 2 N–H and O–H groups in total. The van der Waals surface area contributed by atoms with Gasteiger partial charge in [-0.1, -0.05) is 60.7 Å². The molecule has 0 aliphatic carbocycles. The van der Waals surface area contributed by atoms with Crippen molar-refractivity contribution < 1.29 is 17.9 Å². The Bertz CT molecular complexity index is 1020. The molecular weight excluding hydrogens is 403 g/mol. The summed E-state index contributed by atoms with van der Waals surface area (Å²) in [5, 5.41) is 10.8. The standard InChI is InChI=1S/C23H25FN2O3S/c1-30(28,29)25-20-12-13-22(24)21(14-20)23(27)17-26(15-18-8-4-2-5-9-18)16-19-10-6-3-7-11-19/h2-14,23,25,27H,15-17H2,1H3/t23-/m0/s1. The van der Waals surface area contributed by atoms with Crippen molar-refractivity contribution in [2.75, 3.05) is 17.5 Å². The summed E-state index contributed by atoms with van der Waals surface area (Å²) in [6, 6.07) is 23.5. The molecule has 3 aromatic rings. The predicted octanol–water partition coefficient (Wildman–Crippen LogP) is 3.93. The van der Waals surface area contributed by atoms with E-state index < -0.39 is 21.9 Å².